The molecule has 0 radical (unpaired) electrons. The van der Waals surface area contributed by atoms with Gasteiger partial charge in [0.25, 0.3) is 0 Å². The van der Waals surface area contributed by atoms with Crippen molar-refractivity contribution in [2.24, 2.45) is 0 Å². The molecule has 1 aromatic carbocycles. The number of aromatic nitrogens is 1. The summed E-state index contributed by atoms with van der Waals surface area (Å²) in [6, 6.07) is 6.52. The fourth-order valence-electron chi connectivity index (χ4n) is 1.47. The summed E-state index contributed by atoms with van der Waals surface area (Å²) in [5, 5.41) is 2.81. The Morgan fingerprint density at radius 2 is 1.83 bits per heavy atom. The first-order valence-electron chi connectivity index (χ1n) is 5.10. The van der Waals surface area contributed by atoms with E-state index in [1.54, 1.807) is 12.1 Å². The molecule has 0 atom stereocenters. The molecule has 0 aliphatic carbocycles. The van der Waals surface area contributed by atoms with Gasteiger partial charge in [-0.1, -0.05) is 6.07 Å². The van der Waals surface area contributed by atoms with Crippen LogP contribution in [0.15, 0.2) is 42.7 Å². The molecule has 0 unspecified atom stereocenters. The Kier molecular flexibility index (Phi) is 3.10. The maximum Gasteiger partial charge on any atom is 0.416 e. The molecule has 0 aliphatic rings. The molecule has 0 fully saturated rings. The molecule has 18 heavy (non-hydrogen) atoms. The Balaban J connectivity index is 2.25. The highest BCUT2D eigenvalue weighted by atomic mass is 19.4. The molecule has 0 spiro atoms. The summed E-state index contributed by atoms with van der Waals surface area (Å²) in [7, 11) is 0. The van der Waals surface area contributed by atoms with Crippen LogP contribution >= 0.6 is 0 Å². The number of nitrogens with one attached hydrogen (secondary N) is 1. The Morgan fingerprint density at radius 1 is 1.06 bits per heavy atom. The molecule has 3 nitrogen and oxygen atoms in total. The van der Waals surface area contributed by atoms with Gasteiger partial charge in [0.15, 0.2) is 0 Å². The van der Waals surface area contributed by atoms with Gasteiger partial charge in [0.05, 0.1) is 23.1 Å². The highest BCUT2D eigenvalue weighted by Gasteiger charge is 2.30. The number of nitrogen functional groups attached to an aromatic ring is 1. The third kappa shape index (κ3) is 2.91. The van der Waals surface area contributed by atoms with Gasteiger partial charge < -0.3 is 11.1 Å². The van der Waals surface area contributed by atoms with Gasteiger partial charge in [0, 0.05) is 11.9 Å². The van der Waals surface area contributed by atoms with Crippen LogP contribution in [-0.2, 0) is 6.18 Å². The predicted molar refractivity (Wildman–Crippen MR) is 63.4 cm³/mol. The lowest BCUT2D eigenvalue weighted by molar-refractivity contribution is -0.137. The second-order valence-corrected chi connectivity index (χ2v) is 3.71. The van der Waals surface area contributed by atoms with E-state index in [1.165, 1.54) is 18.5 Å². The molecule has 2 rings (SSSR count). The van der Waals surface area contributed by atoms with Crippen LogP contribution in [0.25, 0.3) is 0 Å². The van der Waals surface area contributed by atoms with E-state index in [0.29, 0.717) is 17.1 Å². The molecule has 1 heterocycles. The number of pyridine rings is 1. The van der Waals surface area contributed by atoms with Crippen molar-refractivity contribution in [1.82, 2.24) is 4.98 Å². The van der Waals surface area contributed by atoms with Gasteiger partial charge in [-0.05, 0) is 24.3 Å². The highest BCUT2D eigenvalue weighted by molar-refractivity contribution is 5.62. The summed E-state index contributed by atoms with van der Waals surface area (Å²) in [5.41, 5.74) is 6.13. The first-order valence-corrected chi connectivity index (χ1v) is 5.10. The van der Waals surface area contributed by atoms with Crippen molar-refractivity contribution >= 4 is 17.1 Å². The number of anilines is 3. The Labute approximate surface area is 101 Å². The largest absolute Gasteiger partial charge is 0.416 e. The van der Waals surface area contributed by atoms with Crippen molar-refractivity contribution in [2.75, 3.05) is 11.1 Å². The molecule has 6 heteroatoms. The van der Waals surface area contributed by atoms with Crippen LogP contribution in [0.1, 0.15) is 5.56 Å². The van der Waals surface area contributed by atoms with Gasteiger partial charge in [0.1, 0.15) is 0 Å². The van der Waals surface area contributed by atoms with E-state index in [1.807, 2.05) is 0 Å². The highest BCUT2D eigenvalue weighted by Crippen LogP contribution is 2.31. The predicted octanol–water partition coefficient (Wildman–Crippen LogP) is 3.43. The third-order valence-corrected chi connectivity index (χ3v) is 2.24. The van der Waals surface area contributed by atoms with Gasteiger partial charge in [0.2, 0.25) is 0 Å². The molecular formula is C12H10F3N3. The van der Waals surface area contributed by atoms with E-state index in [0.717, 1.165) is 12.1 Å². The van der Waals surface area contributed by atoms with Crippen LogP contribution in [-0.4, -0.2) is 4.98 Å². The zero-order valence-corrected chi connectivity index (χ0v) is 9.20. The first-order chi connectivity index (χ1) is 8.45. The minimum absolute atomic E-state index is 0.331. The van der Waals surface area contributed by atoms with Gasteiger partial charge in [-0.25, -0.2) is 0 Å². The minimum atomic E-state index is -4.36. The van der Waals surface area contributed by atoms with Crippen LogP contribution in [0.5, 0.6) is 0 Å². The van der Waals surface area contributed by atoms with E-state index in [-0.39, 0.29) is 0 Å². The lowest BCUT2D eigenvalue weighted by atomic mass is 10.2. The van der Waals surface area contributed by atoms with Gasteiger partial charge in [-0.3, -0.25) is 4.98 Å². The Morgan fingerprint density at radius 3 is 2.50 bits per heavy atom. The lowest BCUT2D eigenvalue weighted by Gasteiger charge is -2.10. The number of nitrogens with zero attached hydrogens (tertiary/aromatic N) is 1. The zero-order valence-electron chi connectivity index (χ0n) is 9.20. The summed E-state index contributed by atoms with van der Waals surface area (Å²) in [6.07, 6.45) is -1.42. The smallest absolute Gasteiger partial charge is 0.397 e. The van der Waals surface area contributed by atoms with Crippen molar-refractivity contribution in [3.8, 4) is 0 Å². The second-order valence-electron chi connectivity index (χ2n) is 3.71. The minimum Gasteiger partial charge on any atom is -0.397 e. The zero-order chi connectivity index (χ0) is 13.2. The molecule has 0 bridgehead atoms. The number of hydrogen-bond donors (Lipinski definition) is 2. The molecule has 94 valence electrons. The van der Waals surface area contributed by atoms with E-state index < -0.39 is 11.7 Å². The maximum absolute atomic E-state index is 12.5. The Hall–Kier alpha value is -2.24. The maximum atomic E-state index is 12.5. The molecule has 0 aliphatic heterocycles. The van der Waals surface area contributed by atoms with Crippen LogP contribution in [0.2, 0.25) is 0 Å². The molecule has 0 amide bonds. The van der Waals surface area contributed by atoms with Crippen molar-refractivity contribution in [1.29, 1.82) is 0 Å². The van der Waals surface area contributed by atoms with Crippen molar-refractivity contribution in [3.05, 3.63) is 48.3 Å². The van der Waals surface area contributed by atoms with Gasteiger partial charge in [-0.2, -0.15) is 13.2 Å². The van der Waals surface area contributed by atoms with Gasteiger partial charge in [-0.15, -0.1) is 0 Å². The number of halogens is 3. The summed E-state index contributed by atoms with van der Waals surface area (Å²) in [5.74, 6) is 0. The molecule has 0 saturated carbocycles. The quantitative estimate of drug-likeness (QED) is 0.862. The fourth-order valence-corrected chi connectivity index (χ4v) is 1.47. The molecule has 1 aromatic heterocycles. The number of benzene rings is 1. The lowest BCUT2D eigenvalue weighted by Crippen LogP contribution is -2.05. The van der Waals surface area contributed by atoms with E-state index >= 15 is 0 Å². The van der Waals surface area contributed by atoms with Crippen LogP contribution in [0.4, 0.5) is 30.2 Å². The fraction of sp³-hybridized carbons (Fsp3) is 0.0833. The van der Waals surface area contributed by atoms with Crippen molar-refractivity contribution < 1.29 is 13.2 Å². The average molecular weight is 253 g/mol. The Bertz CT molecular complexity index is 552. The van der Waals surface area contributed by atoms with Crippen LogP contribution in [0, 0.1) is 0 Å². The average Bonchev–Trinajstić information content (AvgIpc) is 2.28. The van der Waals surface area contributed by atoms with E-state index in [4.69, 9.17) is 5.73 Å². The number of nitrogens with two attached hydrogens (primary N) is 1. The second kappa shape index (κ2) is 4.56. The van der Waals surface area contributed by atoms with Crippen LogP contribution < -0.4 is 11.1 Å². The summed E-state index contributed by atoms with van der Waals surface area (Å²) < 4.78 is 37.5. The number of rotatable bonds is 2. The monoisotopic (exact) mass is 253 g/mol. The molecule has 0 saturated heterocycles. The summed E-state index contributed by atoms with van der Waals surface area (Å²) >= 11 is 0. The van der Waals surface area contributed by atoms with E-state index in [9.17, 15) is 13.2 Å². The van der Waals surface area contributed by atoms with Crippen LogP contribution in [0.3, 0.4) is 0 Å². The molecule has 2 aromatic rings. The summed E-state index contributed by atoms with van der Waals surface area (Å²) in [6.45, 7) is 0. The standard InChI is InChI=1S/C12H10F3N3/c13-12(14,15)8-2-1-3-10(4-8)18-11-5-9(16)6-17-7-11/h1-7,18H,16H2. The van der Waals surface area contributed by atoms with Gasteiger partial charge >= 0.3 is 6.18 Å². The molecular weight excluding hydrogens is 243 g/mol. The number of alkyl halides is 3. The topological polar surface area (TPSA) is 50.9 Å². The van der Waals surface area contributed by atoms with E-state index in [2.05, 4.69) is 10.3 Å². The SMILES string of the molecule is Nc1cncc(Nc2cccc(C(F)(F)F)c2)c1. The van der Waals surface area contributed by atoms with Crippen molar-refractivity contribution in [2.45, 2.75) is 6.18 Å². The first kappa shape index (κ1) is 12.2. The van der Waals surface area contributed by atoms with Crippen molar-refractivity contribution in [3.63, 3.8) is 0 Å². The molecule has 3 N–H and O–H groups in total. The summed E-state index contributed by atoms with van der Waals surface area (Å²) in [4.78, 5) is 3.84. The third-order valence-electron chi connectivity index (χ3n) is 2.24. The normalized spacial score (nSPS) is 11.3. The number of hydrogen-bond acceptors (Lipinski definition) is 3.